The Morgan fingerprint density at radius 1 is 1.00 bits per heavy atom. The van der Waals surface area contributed by atoms with Gasteiger partial charge in [-0.1, -0.05) is 18.2 Å². The summed E-state index contributed by atoms with van der Waals surface area (Å²) in [6.45, 7) is 0. The van der Waals surface area contributed by atoms with Crippen molar-refractivity contribution in [2.45, 2.75) is 6.42 Å². The zero-order valence-corrected chi connectivity index (χ0v) is 14.4. The molecular weight excluding hydrogens is 302 g/mol. The minimum absolute atomic E-state index is 0.681. The fraction of sp³-hybridized carbons (Fsp3) is 0.263. The van der Waals surface area contributed by atoms with Crippen LogP contribution in [0.2, 0.25) is 0 Å². The first-order valence-corrected chi connectivity index (χ1v) is 7.75. The van der Waals surface area contributed by atoms with Gasteiger partial charge in [-0.25, -0.2) is 0 Å². The summed E-state index contributed by atoms with van der Waals surface area (Å²) in [6.07, 6.45) is 2.45. The fourth-order valence-electron chi connectivity index (χ4n) is 2.84. The summed E-state index contributed by atoms with van der Waals surface area (Å²) in [5, 5.41) is 8.69. The summed E-state index contributed by atoms with van der Waals surface area (Å²) in [6, 6.07) is 12.2. The van der Waals surface area contributed by atoms with Crippen molar-refractivity contribution in [3.05, 3.63) is 53.1 Å². The maximum Gasteiger partial charge on any atom is 0.161 e. The van der Waals surface area contributed by atoms with Gasteiger partial charge >= 0.3 is 0 Å². The topological polar surface area (TPSA) is 46.4 Å². The maximum absolute atomic E-state index is 5.43. The number of methoxy groups -OCH3 is 2. The van der Waals surface area contributed by atoms with E-state index in [1.807, 2.05) is 38.4 Å². The Morgan fingerprint density at radius 3 is 2.42 bits per heavy atom. The van der Waals surface area contributed by atoms with Gasteiger partial charge in [-0.05, 0) is 23.8 Å². The number of hydrogen-bond donors (Lipinski definition) is 0. The van der Waals surface area contributed by atoms with Crippen molar-refractivity contribution in [3.63, 3.8) is 0 Å². The number of fused-ring (bicyclic) bond motifs is 1. The van der Waals surface area contributed by atoms with Gasteiger partial charge in [0.25, 0.3) is 0 Å². The van der Waals surface area contributed by atoms with Crippen molar-refractivity contribution >= 4 is 17.6 Å². The predicted molar refractivity (Wildman–Crippen MR) is 98.2 cm³/mol. The molecule has 1 heterocycles. The zero-order valence-electron chi connectivity index (χ0n) is 14.4. The summed E-state index contributed by atoms with van der Waals surface area (Å²) >= 11 is 0. The van der Waals surface area contributed by atoms with E-state index in [4.69, 9.17) is 9.47 Å². The van der Waals surface area contributed by atoms with Crippen molar-refractivity contribution in [1.29, 1.82) is 0 Å². The third-order valence-electron chi connectivity index (χ3n) is 4.08. The molecule has 1 aliphatic heterocycles. The minimum Gasteiger partial charge on any atom is -0.493 e. The normalized spacial score (nSPS) is 12.9. The molecule has 0 saturated heterocycles. The number of benzene rings is 2. The Bertz CT molecular complexity index is 810. The lowest BCUT2D eigenvalue weighted by Crippen LogP contribution is -2.15. The number of rotatable bonds is 4. The molecule has 0 radical (unpaired) electrons. The lowest BCUT2D eigenvalue weighted by Gasteiger charge is -2.18. The molecule has 0 aliphatic carbocycles. The van der Waals surface area contributed by atoms with E-state index in [0.29, 0.717) is 17.9 Å². The molecule has 2 aromatic carbocycles. The van der Waals surface area contributed by atoms with Crippen LogP contribution in [0.3, 0.4) is 0 Å². The molecule has 0 amide bonds. The van der Waals surface area contributed by atoms with Crippen LogP contribution in [0.1, 0.15) is 16.7 Å². The van der Waals surface area contributed by atoms with Gasteiger partial charge in [0.05, 0.1) is 26.1 Å². The SMILES string of the molecule is COc1cc2c(cc1OC)CC(c1ccccc1N(C)C)=NN=C2. The van der Waals surface area contributed by atoms with Gasteiger partial charge in [0, 0.05) is 37.3 Å². The highest BCUT2D eigenvalue weighted by Gasteiger charge is 2.17. The molecule has 0 atom stereocenters. The molecule has 5 heteroatoms. The number of hydrogen-bond acceptors (Lipinski definition) is 5. The van der Waals surface area contributed by atoms with Crippen LogP contribution in [0.25, 0.3) is 0 Å². The molecule has 124 valence electrons. The first kappa shape index (κ1) is 16.1. The van der Waals surface area contributed by atoms with Crippen LogP contribution in [-0.4, -0.2) is 40.2 Å². The molecule has 3 rings (SSSR count). The Hall–Kier alpha value is -2.82. The molecule has 0 saturated carbocycles. The van der Waals surface area contributed by atoms with Crippen LogP contribution < -0.4 is 14.4 Å². The van der Waals surface area contributed by atoms with Gasteiger partial charge in [-0.2, -0.15) is 10.2 Å². The average Bonchev–Trinajstić information content (AvgIpc) is 2.81. The van der Waals surface area contributed by atoms with Crippen molar-refractivity contribution in [3.8, 4) is 11.5 Å². The van der Waals surface area contributed by atoms with Crippen molar-refractivity contribution in [2.75, 3.05) is 33.2 Å². The molecule has 0 aromatic heterocycles. The Labute approximate surface area is 142 Å². The van der Waals surface area contributed by atoms with E-state index < -0.39 is 0 Å². The molecule has 0 bridgehead atoms. The van der Waals surface area contributed by atoms with E-state index in [1.54, 1.807) is 20.4 Å². The van der Waals surface area contributed by atoms with E-state index in [9.17, 15) is 0 Å². The summed E-state index contributed by atoms with van der Waals surface area (Å²) in [5.74, 6) is 1.41. The van der Waals surface area contributed by atoms with Crippen molar-refractivity contribution in [2.24, 2.45) is 10.2 Å². The molecule has 0 N–H and O–H groups in total. The van der Waals surface area contributed by atoms with Crippen LogP contribution in [0.15, 0.2) is 46.6 Å². The van der Waals surface area contributed by atoms with Gasteiger partial charge in [-0.3, -0.25) is 0 Å². The second kappa shape index (κ2) is 6.74. The molecular formula is C19H21N3O2. The fourth-order valence-corrected chi connectivity index (χ4v) is 2.84. The third kappa shape index (κ3) is 2.97. The largest absolute Gasteiger partial charge is 0.493 e. The van der Waals surface area contributed by atoms with Crippen LogP contribution in [0.5, 0.6) is 11.5 Å². The van der Waals surface area contributed by atoms with E-state index in [-0.39, 0.29) is 0 Å². The molecule has 0 spiro atoms. The van der Waals surface area contributed by atoms with Crippen molar-refractivity contribution < 1.29 is 9.47 Å². The quantitative estimate of drug-likeness (QED) is 0.868. The van der Waals surface area contributed by atoms with Crippen LogP contribution in [0, 0.1) is 0 Å². The molecule has 1 aliphatic rings. The minimum atomic E-state index is 0.681. The summed E-state index contributed by atoms with van der Waals surface area (Å²) in [5.41, 5.74) is 5.24. The van der Waals surface area contributed by atoms with E-state index in [0.717, 1.165) is 28.1 Å². The Kier molecular flexibility index (Phi) is 4.51. The number of ether oxygens (including phenoxy) is 2. The zero-order chi connectivity index (χ0) is 17.1. The molecule has 0 fully saturated rings. The number of para-hydroxylation sites is 1. The second-order valence-corrected chi connectivity index (χ2v) is 5.79. The Balaban J connectivity index is 2.05. The first-order chi connectivity index (χ1) is 11.6. The van der Waals surface area contributed by atoms with Crippen LogP contribution >= 0.6 is 0 Å². The van der Waals surface area contributed by atoms with Crippen LogP contribution in [0.4, 0.5) is 5.69 Å². The average molecular weight is 323 g/mol. The lowest BCUT2D eigenvalue weighted by molar-refractivity contribution is 0.354. The van der Waals surface area contributed by atoms with E-state index >= 15 is 0 Å². The highest BCUT2D eigenvalue weighted by molar-refractivity contribution is 6.08. The number of nitrogens with zero attached hydrogens (tertiary/aromatic N) is 3. The monoisotopic (exact) mass is 323 g/mol. The van der Waals surface area contributed by atoms with E-state index in [2.05, 4.69) is 27.2 Å². The molecule has 5 nitrogen and oxygen atoms in total. The highest BCUT2D eigenvalue weighted by atomic mass is 16.5. The van der Waals surface area contributed by atoms with Gasteiger partial charge in [0.15, 0.2) is 11.5 Å². The smallest absolute Gasteiger partial charge is 0.161 e. The maximum atomic E-state index is 5.43. The van der Waals surface area contributed by atoms with Gasteiger partial charge in [0.2, 0.25) is 0 Å². The van der Waals surface area contributed by atoms with Crippen molar-refractivity contribution in [1.82, 2.24) is 0 Å². The van der Waals surface area contributed by atoms with Gasteiger partial charge < -0.3 is 14.4 Å². The molecule has 0 unspecified atom stereocenters. The molecule has 2 aromatic rings. The summed E-state index contributed by atoms with van der Waals surface area (Å²) in [7, 11) is 7.33. The second-order valence-electron chi connectivity index (χ2n) is 5.79. The Morgan fingerprint density at radius 2 is 1.71 bits per heavy atom. The van der Waals surface area contributed by atoms with E-state index in [1.165, 1.54) is 0 Å². The van der Waals surface area contributed by atoms with Gasteiger partial charge in [0.1, 0.15) is 0 Å². The highest BCUT2D eigenvalue weighted by Crippen LogP contribution is 2.32. The summed E-state index contributed by atoms with van der Waals surface area (Å²) in [4.78, 5) is 2.09. The lowest BCUT2D eigenvalue weighted by atomic mass is 9.97. The van der Waals surface area contributed by atoms with Gasteiger partial charge in [-0.15, -0.1) is 0 Å². The van der Waals surface area contributed by atoms with Crippen LogP contribution in [-0.2, 0) is 6.42 Å². The predicted octanol–water partition coefficient (Wildman–Crippen LogP) is 3.15. The first-order valence-electron chi connectivity index (χ1n) is 7.75. The summed E-state index contributed by atoms with van der Waals surface area (Å²) < 4.78 is 10.8. The molecule has 24 heavy (non-hydrogen) atoms. The standard InChI is InChI=1S/C19H21N3O2/c1-22(2)17-8-6-5-7-15(17)16-9-13-10-18(23-3)19(24-4)11-14(13)12-20-21-16/h5-8,10-12H,9H2,1-4H3. The number of anilines is 1. The third-order valence-corrected chi connectivity index (χ3v) is 4.08.